The van der Waals surface area contributed by atoms with Crippen molar-refractivity contribution in [1.82, 2.24) is 24.0 Å². The molecule has 3 heterocycles. The second kappa shape index (κ2) is 10.2. The number of hydrogen-bond donors (Lipinski definition) is 2. The fourth-order valence-corrected chi connectivity index (χ4v) is 4.58. The Hall–Kier alpha value is -3.20. The molecule has 1 aromatic carbocycles. The number of anilines is 1. The third-order valence-corrected chi connectivity index (χ3v) is 6.30. The highest BCUT2D eigenvalue weighted by atomic mass is 16.2. The van der Waals surface area contributed by atoms with Gasteiger partial charge in [0.1, 0.15) is 5.82 Å². The first-order chi connectivity index (χ1) is 16.0. The van der Waals surface area contributed by atoms with Crippen LogP contribution in [0.4, 0.5) is 5.69 Å². The lowest BCUT2D eigenvalue weighted by Crippen LogP contribution is -2.40. The number of aromatic amines is 1. The van der Waals surface area contributed by atoms with Crippen molar-refractivity contribution < 1.29 is 4.79 Å². The molecule has 1 atom stereocenters. The van der Waals surface area contributed by atoms with Crippen molar-refractivity contribution in [2.24, 2.45) is 5.92 Å². The summed E-state index contributed by atoms with van der Waals surface area (Å²) in [6.07, 6.45) is 3.53. The lowest BCUT2D eigenvalue weighted by atomic mass is 9.97. The minimum absolute atomic E-state index is 0.0275. The first-order valence-electron chi connectivity index (χ1n) is 11.8. The molecule has 0 saturated carbocycles. The van der Waals surface area contributed by atoms with Crippen molar-refractivity contribution >= 4 is 22.8 Å². The first kappa shape index (κ1) is 23.0. The van der Waals surface area contributed by atoms with Gasteiger partial charge in [0, 0.05) is 25.3 Å². The second-order valence-electron chi connectivity index (χ2n) is 8.64. The summed E-state index contributed by atoms with van der Waals surface area (Å²) in [4.78, 5) is 47.3. The molecule has 0 aliphatic carbocycles. The lowest BCUT2D eigenvalue weighted by Gasteiger charge is -2.31. The molecule has 1 aliphatic heterocycles. The number of carbonyl (C=O) groups is 1. The van der Waals surface area contributed by atoms with Gasteiger partial charge in [-0.15, -0.1) is 0 Å². The Labute approximate surface area is 192 Å². The molecule has 4 rings (SSSR count). The van der Waals surface area contributed by atoms with Crippen molar-refractivity contribution in [2.45, 2.75) is 59.2 Å². The van der Waals surface area contributed by atoms with Crippen LogP contribution in [0.25, 0.3) is 11.2 Å². The fraction of sp³-hybridized carbons (Fsp3) is 0.500. The minimum atomic E-state index is -0.413. The van der Waals surface area contributed by atoms with Gasteiger partial charge in [-0.1, -0.05) is 31.5 Å². The number of unbranched alkanes of at least 4 members (excludes halogenated alkanes) is 1. The van der Waals surface area contributed by atoms with Gasteiger partial charge >= 0.3 is 5.69 Å². The van der Waals surface area contributed by atoms with Crippen molar-refractivity contribution in [3.63, 3.8) is 0 Å². The molecule has 1 saturated heterocycles. The van der Waals surface area contributed by atoms with E-state index in [0.29, 0.717) is 37.3 Å². The van der Waals surface area contributed by atoms with E-state index in [1.165, 1.54) is 0 Å². The van der Waals surface area contributed by atoms with Crippen LogP contribution in [0.2, 0.25) is 0 Å². The average Bonchev–Trinajstić information content (AvgIpc) is 3.18. The first-order valence-corrected chi connectivity index (χ1v) is 11.8. The van der Waals surface area contributed by atoms with Gasteiger partial charge in [-0.3, -0.25) is 24.0 Å². The van der Waals surface area contributed by atoms with E-state index in [1.807, 2.05) is 41.8 Å². The molecular formula is C24H32N6O3. The number of fused-ring (bicyclic) bond motifs is 1. The number of aromatic nitrogens is 4. The molecule has 176 valence electrons. The van der Waals surface area contributed by atoms with E-state index in [1.54, 1.807) is 4.57 Å². The highest BCUT2D eigenvalue weighted by molar-refractivity contribution is 5.92. The van der Waals surface area contributed by atoms with Crippen molar-refractivity contribution in [2.75, 3.05) is 18.4 Å². The quantitative estimate of drug-likeness (QED) is 0.547. The highest BCUT2D eigenvalue weighted by Gasteiger charge is 2.27. The lowest BCUT2D eigenvalue weighted by molar-refractivity contribution is -0.121. The number of imidazole rings is 1. The van der Waals surface area contributed by atoms with Crippen LogP contribution >= 0.6 is 0 Å². The molecule has 9 nitrogen and oxygen atoms in total. The summed E-state index contributed by atoms with van der Waals surface area (Å²) in [5.41, 5.74) is 0.880. The van der Waals surface area contributed by atoms with Crippen molar-refractivity contribution in [3.8, 4) is 0 Å². The van der Waals surface area contributed by atoms with Gasteiger partial charge in [-0.2, -0.15) is 0 Å². The number of nitrogens with one attached hydrogen (secondary N) is 2. The largest absolute Gasteiger partial charge is 0.330 e. The number of rotatable bonds is 8. The number of hydrogen-bond acceptors (Lipinski definition) is 5. The number of aryl methyl sites for hydroxylation is 2. The van der Waals surface area contributed by atoms with E-state index in [9.17, 15) is 14.4 Å². The third-order valence-electron chi connectivity index (χ3n) is 6.30. The molecular weight excluding hydrogens is 420 g/mol. The number of amides is 1. The molecule has 2 N–H and O–H groups in total. The van der Waals surface area contributed by atoms with Crippen LogP contribution in [0.3, 0.4) is 0 Å². The Morgan fingerprint density at radius 3 is 2.70 bits per heavy atom. The zero-order chi connectivity index (χ0) is 23.4. The number of carbonyl (C=O) groups excluding carboxylic acids is 1. The zero-order valence-electron chi connectivity index (χ0n) is 19.3. The zero-order valence-corrected chi connectivity index (χ0v) is 19.3. The van der Waals surface area contributed by atoms with E-state index in [-0.39, 0.29) is 11.8 Å². The molecule has 1 amide bonds. The van der Waals surface area contributed by atoms with E-state index >= 15 is 0 Å². The molecule has 0 radical (unpaired) electrons. The maximum absolute atomic E-state index is 12.8. The van der Waals surface area contributed by atoms with Crippen molar-refractivity contribution in [1.29, 1.82) is 0 Å². The van der Waals surface area contributed by atoms with E-state index in [0.717, 1.165) is 43.7 Å². The van der Waals surface area contributed by atoms with Gasteiger partial charge in [0.15, 0.2) is 11.2 Å². The molecule has 2 aromatic heterocycles. The second-order valence-corrected chi connectivity index (χ2v) is 8.64. The summed E-state index contributed by atoms with van der Waals surface area (Å²) >= 11 is 0. The highest BCUT2D eigenvalue weighted by Crippen LogP contribution is 2.21. The average molecular weight is 453 g/mol. The number of likely N-dealkylation sites (tertiary alicyclic amines) is 1. The Kier molecular flexibility index (Phi) is 7.08. The van der Waals surface area contributed by atoms with Crippen molar-refractivity contribution in [3.05, 3.63) is 57.0 Å². The van der Waals surface area contributed by atoms with E-state index in [2.05, 4.69) is 22.1 Å². The predicted octanol–water partition coefficient (Wildman–Crippen LogP) is 2.56. The molecule has 33 heavy (non-hydrogen) atoms. The van der Waals surface area contributed by atoms with Crippen LogP contribution < -0.4 is 16.6 Å². The van der Waals surface area contributed by atoms with Crippen LogP contribution in [-0.2, 0) is 24.4 Å². The Morgan fingerprint density at radius 2 is 1.97 bits per heavy atom. The maximum Gasteiger partial charge on any atom is 0.330 e. The molecule has 1 unspecified atom stereocenters. The molecule has 0 spiro atoms. The smallest absolute Gasteiger partial charge is 0.326 e. The SMILES string of the molecule is CCCCn1c(=O)[nH]c(=O)c2c1nc(CN1CCCC(C(=O)Nc3ccccc3)C1)n2CC. The summed E-state index contributed by atoms with van der Waals surface area (Å²) in [6.45, 7) is 7.15. The maximum atomic E-state index is 12.8. The Morgan fingerprint density at radius 1 is 1.18 bits per heavy atom. The summed E-state index contributed by atoms with van der Waals surface area (Å²) in [6, 6.07) is 9.50. The van der Waals surface area contributed by atoms with Gasteiger partial charge in [0.2, 0.25) is 5.91 Å². The monoisotopic (exact) mass is 452 g/mol. The van der Waals surface area contributed by atoms with Gasteiger partial charge in [0.05, 0.1) is 12.5 Å². The predicted molar refractivity (Wildman–Crippen MR) is 128 cm³/mol. The van der Waals surface area contributed by atoms with Crippen LogP contribution in [-0.4, -0.2) is 43.0 Å². The molecule has 3 aromatic rings. The topological polar surface area (TPSA) is 105 Å². The summed E-state index contributed by atoms with van der Waals surface area (Å²) in [5.74, 6) is 0.669. The molecule has 0 bridgehead atoms. The van der Waals surface area contributed by atoms with E-state index in [4.69, 9.17) is 4.98 Å². The molecule has 1 aliphatic rings. The van der Waals surface area contributed by atoms with E-state index < -0.39 is 11.2 Å². The number of benzene rings is 1. The van der Waals surface area contributed by atoms with Crippen LogP contribution in [0.15, 0.2) is 39.9 Å². The minimum Gasteiger partial charge on any atom is -0.326 e. The number of piperidine rings is 1. The fourth-order valence-electron chi connectivity index (χ4n) is 4.58. The normalized spacial score (nSPS) is 16.8. The van der Waals surface area contributed by atoms with Gasteiger partial charge in [-0.25, -0.2) is 9.78 Å². The van der Waals surface area contributed by atoms with Crippen LogP contribution in [0.1, 0.15) is 45.4 Å². The summed E-state index contributed by atoms with van der Waals surface area (Å²) < 4.78 is 3.46. The van der Waals surface area contributed by atoms with Crippen LogP contribution in [0.5, 0.6) is 0 Å². The third kappa shape index (κ3) is 4.93. The summed E-state index contributed by atoms with van der Waals surface area (Å²) in [7, 11) is 0. The van der Waals surface area contributed by atoms with Gasteiger partial charge < -0.3 is 9.88 Å². The number of para-hydroxylation sites is 1. The molecule has 9 heteroatoms. The summed E-state index contributed by atoms with van der Waals surface area (Å²) in [5, 5.41) is 3.01. The Bertz CT molecular complexity index is 1230. The standard InChI is InChI=1S/C24H32N6O3/c1-3-5-14-30-21-20(23(32)27-24(30)33)29(4-2)19(26-21)16-28-13-9-10-17(15-28)22(31)25-18-11-7-6-8-12-18/h6-8,11-12,17H,3-5,9-10,13-16H2,1-2H3,(H,25,31)(H,27,32,33). The number of H-pyrrole nitrogens is 1. The van der Waals surface area contributed by atoms with Gasteiger partial charge in [-0.05, 0) is 44.9 Å². The Balaban J connectivity index is 1.56. The van der Waals surface area contributed by atoms with Gasteiger partial charge in [0.25, 0.3) is 5.56 Å². The van der Waals surface area contributed by atoms with Crippen LogP contribution in [0, 0.1) is 5.92 Å². The molecule has 1 fully saturated rings. The number of nitrogens with zero attached hydrogens (tertiary/aromatic N) is 4.